The van der Waals surface area contributed by atoms with Crippen LogP contribution in [0.4, 0.5) is 5.69 Å². The molecule has 0 spiro atoms. The summed E-state index contributed by atoms with van der Waals surface area (Å²) in [6.07, 6.45) is 0. The van der Waals surface area contributed by atoms with Crippen molar-refractivity contribution in [3.05, 3.63) is 54.1 Å². The van der Waals surface area contributed by atoms with E-state index in [0.717, 1.165) is 5.69 Å². The van der Waals surface area contributed by atoms with E-state index in [1.165, 1.54) is 14.2 Å². The topological polar surface area (TPSA) is 71.1 Å². The van der Waals surface area contributed by atoms with Gasteiger partial charge in [-0.3, -0.25) is 14.5 Å². The van der Waals surface area contributed by atoms with E-state index < -0.39 is 0 Å². The molecule has 0 radical (unpaired) electrons. The number of carbonyl (C=O) groups excluding carboxylic acids is 2. The molecule has 2 aromatic carbocycles. The van der Waals surface area contributed by atoms with Gasteiger partial charge in [0.1, 0.15) is 17.1 Å². The Balaban J connectivity index is 1.57. The molecule has 1 aliphatic heterocycles. The zero-order chi connectivity index (χ0) is 19.9. The molecule has 1 N–H and O–H groups in total. The molecule has 0 unspecified atom stereocenters. The van der Waals surface area contributed by atoms with Gasteiger partial charge in [-0.25, -0.2) is 0 Å². The van der Waals surface area contributed by atoms with Crippen molar-refractivity contribution < 1.29 is 19.1 Å². The number of para-hydroxylation sites is 1. The van der Waals surface area contributed by atoms with Gasteiger partial charge in [0.15, 0.2) is 0 Å². The third kappa shape index (κ3) is 4.61. The number of methoxy groups -OCH3 is 2. The van der Waals surface area contributed by atoms with Crippen LogP contribution in [0.1, 0.15) is 10.4 Å². The highest BCUT2D eigenvalue weighted by atomic mass is 16.5. The van der Waals surface area contributed by atoms with Crippen molar-refractivity contribution in [3.8, 4) is 11.5 Å². The van der Waals surface area contributed by atoms with Crippen LogP contribution in [0.15, 0.2) is 48.5 Å². The van der Waals surface area contributed by atoms with Crippen molar-refractivity contribution >= 4 is 17.5 Å². The number of hydrogen-bond donors (Lipinski definition) is 1. The first-order valence-electron chi connectivity index (χ1n) is 9.20. The molecular weight excluding hydrogens is 358 g/mol. The largest absolute Gasteiger partial charge is 0.496 e. The summed E-state index contributed by atoms with van der Waals surface area (Å²) in [5.74, 6) is 0.808. The van der Waals surface area contributed by atoms with Gasteiger partial charge in [0.25, 0.3) is 5.91 Å². The summed E-state index contributed by atoms with van der Waals surface area (Å²) in [6, 6.07) is 14.7. The lowest BCUT2D eigenvalue weighted by Crippen LogP contribution is -2.50. The smallest absolute Gasteiger partial charge is 0.261 e. The number of anilines is 1. The van der Waals surface area contributed by atoms with Crippen LogP contribution < -0.4 is 14.8 Å². The molecule has 2 amide bonds. The molecule has 1 saturated heterocycles. The van der Waals surface area contributed by atoms with Crippen LogP contribution >= 0.6 is 0 Å². The zero-order valence-corrected chi connectivity index (χ0v) is 16.2. The predicted octanol–water partition coefficient (Wildman–Crippen LogP) is 2.10. The molecule has 0 saturated carbocycles. The molecule has 7 heteroatoms. The van der Waals surface area contributed by atoms with Crippen molar-refractivity contribution in [1.82, 2.24) is 9.80 Å². The summed E-state index contributed by atoms with van der Waals surface area (Å²) in [5.41, 5.74) is 1.22. The summed E-state index contributed by atoms with van der Waals surface area (Å²) < 4.78 is 10.7. The average Bonchev–Trinajstić information content (AvgIpc) is 2.73. The number of amides is 2. The van der Waals surface area contributed by atoms with Crippen LogP contribution in [0, 0.1) is 0 Å². The van der Waals surface area contributed by atoms with Crippen LogP contribution in [0.5, 0.6) is 11.5 Å². The van der Waals surface area contributed by atoms with E-state index in [0.29, 0.717) is 49.8 Å². The van der Waals surface area contributed by atoms with Crippen LogP contribution in [0.25, 0.3) is 0 Å². The number of benzene rings is 2. The van der Waals surface area contributed by atoms with Crippen LogP contribution in [0.2, 0.25) is 0 Å². The zero-order valence-electron chi connectivity index (χ0n) is 16.2. The van der Waals surface area contributed by atoms with E-state index >= 15 is 0 Å². The highest BCUT2D eigenvalue weighted by Crippen LogP contribution is 2.29. The molecule has 0 aromatic heterocycles. The maximum Gasteiger partial charge on any atom is 0.261 e. The number of nitrogens with zero attached hydrogens (tertiary/aromatic N) is 2. The van der Waals surface area contributed by atoms with E-state index in [2.05, 4.69) is 5.32 Å². The van der Waals surface area contributed by atoms with Gasteiger partial charge in [-0.2, -0.15) is 0 Å². The molecule has 0 aliphatic carbocycles. The summed E-state index contributed by atoms with van der Waals surface area (Å²) in [5, 5.41) is 2.88. The number of nitrogens with one attached hydrogen (secondary N) is 1. The normalized spacial score (nSPS) is 14.4. The van der Waals surface area contributed by atoms with Crippen LogP contribution in [0.3, 0.4) is 0 Å². The van der Waals surface area contributed by atoms with Crippen molar-refractivity contribution in [2.24, 2.45) is 0 Å². The number of rotatable bonds is 6. The molecule has 2 aromatic rings. The molecule has 0 bridgehead atoms. The Morgan fingerprint density at radius 2 is 1.50 bits per heavy atom. The van der Waals surface area contributed by atoms with E-state index in [-0.39, 0.29) is 11.8 Å². The summed E-state index contributed by atoms with van der Waals surface area (Å²) in [7, 11) is 3.07. The Morgan fingerprint density at radius 1 is 0.893 bits per heavy atom. The Hall–Kier alpha value is -3.06. The lowest BCUT2D eigenvalue weighted by molar-refractivity contribution is -0.117. The van der Waals surface area contributed by atoms with Gasteiger partial charge in [0, 0.05) is 31.9 Å². The van der Waals surface area contributed by atoms with Gasteiger partial charge in [-0.1, -0.05) is 24.3 Å². The summed E-state index contributed by atoms with van der Waals surface area (Å²) >= 11 is 0. The molecule has 1 aliphatic rings. The first-order valence-corrected chi connectivity index (χ1v) is 9.20. The molecule has 1 heterocycles. The highest BCUT2D eigenvalue weighted by molar-refractivity contribution is 6.00. The second kappa shape index (κ2) is 9.23. The second-order valence-corrected chi connectivity index (χ2v) is 6.52. The average molecular weight is 383 g/mol. The summed E-state index contributed by atoms with van der Waals surface area (Å²) in [4.78, 5) is 29.0. The Labute approximate surface area is 164 Å². The van der Waals surface area contributed by atoms with Gasteiger partial charge in [0.05, 0.1) is 20.8 Å². The maximum absolute atomic E-state index is 13.0. The van der Waals surface area contributed by atoms with Gasteiger partial charge < -0.3 is 19.7 Å². The fraction of sp³-hybridized carbons (Fsp3) is 0.333. The minimum atomic E-state index is -0.123. The lowest BCUT2D eigenvalue weighted by Gasteiger charge is -2.34. The van der Waals surface area contributed by atoms with Gasteiger partial charge in [-0.05, 0) is 24.3 Å². The number of carbonyl (C=O) groups is 2. The van der Waals surface area contributed by atoms with E-state index in [9.17, 15) is 9.59 Å². The third-order valence-corrected chi connectivity index (χ3v) is 4.73. The maximum atomic E-state index is 13.0. The molecule has 28 heavy (non-hydrogen) atoms. The van der Waals surface area contributed by atoms with Gasteiger partial charge in [-0.15, -0.1) is 0 Å². The van der Waals surface area contributed by atoms with Crippen LogP contribution in [-0.4, -0.2) is 68.6 Å². The highest BCUT2D eigenvalue weighted by Gasteiger charge is 2.27. The standard InChI is InChI=1S/C21H25N3O4/c1-27-17-9-6-10-18(28-2)20(17)21(26)24-13-11-23(12-14-24)15-19(25)22-16-7-4-3-5-8-16/h3-10H,11-15H2,1-2H3,(H,22,25). The van der Waals surface area contributed by atoms with E-state index in [1.807, 2.05) is 35.2 Å². The van der Waals surface area contributed by atoms with Crippen molar-refractivity contribution in [2.45, 2.75) is 0 Å². The Bertz CT molecular complexity index is 795. The third-order valence-electron chi connectivity index (χ3n) is 4.73. The fourth-order valence-electron chi connectivity index (χ4n) is 3.25. The minimum Gasteiger partial charge on any atom is -0.496 e. The molecule has 1 fully saturated rings. The predicted molar refractivity (Wildman–Crippen MR) is 107 cm³/mol. The van der Waals surface area contributed by atoms with Crippen molar-refractivity contribution in [1.29, 1.82) is 0 Å². The number of ether oxygens (including phenoxy) is 2. The molecule has 7 nitrogen and oxygen atoms in total. The number of hydrogen-bond acceptors (Lipinski definition) is 5. The summed E-state index contributed by atoms with van der Waals surface area (Å²) in [6.45, 7) is 2.64. The Kier molecular flexibility index (Phi) is 6.49. The molecular formula is C21H25N3O4. The molecule has 3 rings (SSSR count). The first kappa shape index (κ1) is 19.7. The number of piperazine rings is 1. The molecule has 148 valence electrons. The Morgan fingerprint density at radius 3 is 2.07 bits per heavy atom. The van der Waals surface area contributed by atoms with E-state index in [1.54, 1.807) is 23.1 Å². The van der Waals surface area contributed by atoms with Gasteiger partial charge >= 0.3 is 0 Å². The SMILES string of the molecule is COc1cccc(OC)c1C(=O)N1CCN(CC(=O)Nc2ccccc2)CC1. The van der Waals surface area contributed by atoms with Gasteiger partial charge in [0.2, 0.25) is 5.91 Å². The quantitative estimate of drug-likeness (QED) is 0.827. The molecule has 0 atom stereocenters. The monoisotopic (exact) mass is 383 g/mol. The first-order chi connectivity index (χ1) is 13.6. The van der Waals surface area contributed by atoms with Crippen molar-refractivity contribution in [2.75, 3.05) is 52.3 Å². The lowest BCUT2D eigenvalue weighted by atomic mass is 10.1. The fourth-order valence-corrected chi connectivity index (χ4v) is 3.25. The second-order valence-electron chi connectivity index (χ2n) is 6.52. The van der Waals surface area contributed by atoms with Crippen molar-refractivity contribution in [3.63, 3.8) is 0 Å². The van der Waals surface area contributed by atoms with E-state index in [4.69, 9.17) is 9.47 Å². The van der Waals surface area contributed by atoms with Crippen LogP contribution in [-0.2, 0) is 4.79 Å². The minimum absolute atomic E-state index is 0.0580.